The Kier molecular flexibility index (Phi) is 7.81. The molecule has 1 fully saturated rings. The lowest BCUT2D eigenvalue weighted by Gasteiger charge is -2.28. The van der Waals surface area contributed by atoms with Gasteiger partial charge in [0.25, 0.3) is 0 Å². The van der Waals surface area contributed by atoms with E-state index in [1.807, 2.05) is 72.8 Å². The maximum atomic E-state index is 13.3. The third-order valence-electron chi connectivity index (χ3n) is 8.54. The highest BCUT2D eigenvalue weighted by Crippen LogP contribution is 2.50. The number of rotatable bonds is 9. The van der Waals surface area contributed by atoms with Gasteiger partial charge in [-0.25, -0.2) is 0 Å². The lowest BCUT2D eigenvalue weighted by Crippen LogP contribution is -2.37. The van der Waals surface area contributed by atoms with Crippen LogP contribution in [0.3, 0.4) is 0 Å². The minimum absolute atomic E-state index is 0.133. The highest BCUT2D eigenvalue weighted by atomic mass is 16.7. The molecule has 0 saturated carbocycles. The number of anilines is 1. The molecule has 0 N–H and O–H groups in total. The van der Waals surface area contributed by atoms with E-state index in [0.29, 0.717) is 28.2 Å². The number of morpholine rings is 1. The number of unbranched alkanes of at least 4 members (excludes halogenated alkanes) is 1. The molecule has 3 heterocycles. The zero-order valence-corrected chi connectivity index (χ0v) is 24.9. The first-order valence-electron chi connectivity index (χ1n) is 15.3. The van der Waals surface area contributed by atoms with Crippen molar-refractivity contribution in [3.63, 3.8) is 0 Å². The Balaban J connectivity index is 1.14. The van der Waals surface area contributed by atoms with Crippen LogP contribution in [0.1, 0.15) is 24.0 Å². The van der Waals surface area contributed by atoms with Gasteiger partial charge in [-0.15, -0.1) is 0 Å². The largest absolute Gasteiger partial charge is 0.452 e. The monoisotopic (exact) mass is 588 g/mol. The summed E-state index contributed by atoms with van der Waals surface area (Å²) in [6.07, 6.45) is 2.28. The van der Waals surface area contributed by atoms with E-state index in [-0.39, 0.29) is 5.43 Å². The van der Waals surface area contributed by atoms with E-state index in [0.717, 1.165) is 74.6 Å². The van der Waals surface area contributed by atoms with Crippen LogP contribution in [0.5, 0.6) is 11.5 Å². The molecule has 1 aromatic heterocycles. The Morgan fingerprint density at radius 2 is 1.48 bits per heavy atom. The highest BCUT2D eigenvalue weighted by Gasteiger charge is 2.46. The van der Waals surface area contributed by atoms with E-state index in [9.17, 15) is 4.79 Å². The second-order valence-electron chi connectivity index (χ2n) is 11.4. The van der Waals surface area contributed by atoms with Gasteiger partial charge in [0.1, 0.15) is 5.76 Å². The Labute approximate surface area is 257 Å². The van der Waals surface area contributed by atoms with E-state index < -0.39 is 5.79 Å². The van der Waals surface area contributed by atoms with E-state index >= 15 is 0 Å². The Bertz CT molecular complexity index is 1740. The average Bonchev–Trinajstić information content (AvgIpc) is 3.50. The minimum Gasteiger partial charge on any atom is -0.452 e. The molecule has 0 atom stereocenters. The van der Waals surface area contributed by atoms with Crippen molar-refractivity contribution >= 4 is 16.7 Å². The Hall–Kier alpha value is -4.59. The molecule has 7 rings (SSSR count). The molecule has 0 spiro atoms. The number of ether oxygens (including phenoxy) is 3. The summed E-state index contributed by atoms with van der Waals surface area (Å²) in [6, 6.07) is 32.9. The van der Waals surface area contributed by atoms with Crippen molar-refractivity contribution in [3.05, 3.63) is 124 Å². The number of benzene rings is 4. The second kappa shape index (κ2) is 12.2. The molecule has 1 saturated heterocycles. The lowest BCUT2D eigenvalue weighted by molar-refractivity contribution is -0.0456. The van der Waals surface area contributed by atoms with Crippen LogP contribution in [-0.2, 0) is 10.5 Å². The number of hydrogen-bond donors (Lipinski definition) is 0. The molecule has 224 valence electrons. The standard InChI is InChI=1S/C37H36N2O5/c1-38(20-8-9-21-39-22-24-41-25-23-39)30-16-14-27(15-17-30)34-26-32(40)31-18-19-33-36(35(31)42-34)44-37(43-33,28-10-4-2-5-11-28)29-12-6-3-7-13-29/h2-7,10-19,26H,8-9,20-25H2,1H3. The number of fused-ring (bicyclic) bond motifs is 3. The quantitative estimate of drug-likeness (QED) is 0.178. The van der Waals surface area contributed by atoms with Crippen molar-refractivity contribution < 1.29 is 18.6 Å². The molecule has 0 unspecified atom stereocenters. The molecule has 2 aliphatic rings. The summed E-state index contributed by atoms with van der Waals surface area (Å²) in [4.78, 5) is 18.1. The van der Waals surface area contributed by atoms with Crippen LogP contribution >= 0.6 is 0 Å². The Morgan fingerprint density at radius 3 is 2.16 bits per heavy atom. The van der Waals surface area contributed by atoms with Gasteiger partial charge in [-0.1, -0.05) is 60.7 Å². The molecule has 0 bridgehead atoms. The molecule has 7 heteroatoms. The summed E-state index contributed by atoms with van der Waals surface area (Å²) in [7, 11) is 2.12. The van der Waals surface area contributed by atoms with Crippen molar-refractivity contribution in [3.8, 4) is 22.8 Å². The molecule has 4 aromatic carbocycles. The summed E-state index contributed by atoms with van der Waals surface area (Å²) < 4.78 is 25.2. The summed E-state index contributed by atoms with van der Waals surface area (Å²) >= 11 is 0. The Morgan fingerprint density at radius 1 is 0.795 bits per heavy atom. The van der Waals surface area contributed by atoms with Gasteiger partial charge in [-0.3, -0.25) is 9.69 Å². The first kappa shape index (κ1) is 28.2. The van der Waals surface area contributed by atoms with Crippen LogP contribution < -0.4 is 19.8 Å². The number of nitrogens with zero attached hydrogens (tertiary/aromatic N) is 2. The maximum absolute atomic E-state index is 13.3. The number of hydrogen-bond acceptors (Lipinski definition) is 7. The first-order valence-corrected chi connectivity index (χ1v) is 15.3. The molecule has 5 aromatic rings. The van der Waals surface area contributed by atoms with Gasteiger partial charge in [0.2, 0.25) is 5.75 Å². The van der Waals surface area contributed by atoms with Gasteiger partial charge in [0, 0.05) is 55.1 Å². The van der Waals surface area contributed by atoms with Crippen LogP contribution in [0.4, 0.5) is 5.69 Å². The SMILES string of the molecule is CN(CCCCN1CCOCC1)c1ccc(-c2cc(=O)c3ccc4c(c3o2)OC(c2ccccc2)(c2ccccc2)O4)cc1. The second-order valence-corrected chi connectivity index (χ2v) is 11.4. The minimum atomic E-state index is -1.21. The third kappa shape index (κ3) is 5.45. The van der Waals surface area contributed by atoms with Crippen LogP contribution in [0.2, 0.25) is 0 Å². The van der Waals surface area contributed by atoms with Crippen molar-refractivity contribution in [2.75, 3.05) is 51.3 Å². The van der Waals surface area contributed by atoms with Crippen LogP contribution in [0.25, 0.3) is 22.3 Å². The summed E-state index contributed by atoms with van der Waals surface area (Å²) in [5.74, 6) is 0.220. The van der Waals surface area contributed by atoms with E-state index in [2.05, 4.69) is 29.0 Å². The molecular weight excluding hydrogens is 552 g/mol. The summed E-state index contributed by atoms with van der Waals surface area (Å²) in [6.45, 7) is 5.84. The van der Waals surface area contributed by atoms with Crippen LogP contribution in [0.15, 0.2) is 112 Å². The van der Waals surface area contributed by atoms with Crippen molar-refractivity contribution in [1.82, 2.24) is 4.90 Å². The summed E-state index contributed by atoms with van der Waals surface area (Å²) in [5.41, 5.74) is 3.87. The topological polar surface area (TPSA) is 64.4 Å². The smallest absolute Gasteiger partial charge is 0.305 e. The van der Waals surface area contributed by atoms with E-state index in [1.54, 1.807) is 18.2 Å². The molecule has 0 radical (unpaired) electrons. The predicted octanol–water partition coefficient (Wildman–Crippen LogP) is 6.68. The normalized spacial score (nSPS) is 15.8. The third-order valence-corrected chi connectivity index (χ3v) is 8.54. The van der Waals surface area contributed by atoms with Crippen LogP contribution in [-0.4, -0.2) is 51.3 Å². The average molecular weight is 589 g/mol. The first-order chi connectivity index (χ1) is 21.6. The van der Waals surface area contributed by atoms with Crippen LogP contribution in [0, 0.1) is 0 Å². The lowest BCUT2D eigenvalue weighted by atomic mass is 9.97. The van der Waals surface area contributed by atoms with Gasteiger partial charge in [-0.2, -0.15) is 0 Å². The van der Waals surface area contributed by atoms with Gasteiger partial charge in [-0.05, 0) is 55.8 Å². The fraction of sp³-hybridized carbons (Fsp3) is 0.270. The van der Waals surface area contributed by atoms with Gasteiger partial charge >= 0.3 is 5.79 Å². The van der Waals surface area contributed by atoms with Gasteiger partial charge in [0.05, 0.1) is 18.6 Å². The van der Waals surface area contributed by atoms with Gasteiger partial charge < -0.3 is 23.5 Å². The van der Waals surface area contributed by atoms with E-state index in [1.165, 1.54) is 0 Å². The molecule has 7 nitrogen and oxygen atoms in total. The molecule has 0 aliphatic carbocycles. The van der Waals surface area contributed by atoms with E-state index in [4.69, 9.17) is 18.6 Å². The molecule has 0 amide bonds. The maximum Gasteiger partial charge on any atom is 0.305 e. The molecule has 2 aliphatic heterocycles. The zero-order chi connectivity index (χ0) is 29.9. The molecule has 44 heavy (non-hydrogen) atoms. The summed E-state index contributed by atoms with van der Waals surface area (Å²) in [5, 5.41) is 0.446. The zero-order valence-electron chi connectivity index (χ0n) is 24.9. The van der Waals surface area contributed by atoms with Crippen molar-refractivity contribution in [2.24, 2.45) is 0 Å². The van der Waals surface area contributed by atoms with Crippen molar-refractivity contribution in [2.45, 2.75) is 18.6 Å². The van der Waals surface area contributed by atoms with Gasteiger partial charge in [0.15, 0.2) is 16.8 Å². The fourth-order valence-corrected chi connectivity index (χ4v) is 6.05. The fourth-order valence-electron chi connectivity index (χ4n) is 6.05. The molecular formula is C37H36N2O5. The highest BCUT2D eigenvalue weighted by molar-refractivity contribution is 5.87. The van der Waals surface area contributed by atoms with Crippen molar-refractivity contribution in [1.29, 1.82) is 0 Å². The predicted molar refractivity (Wildman–Crippen MR) is 173 cm³/mol.